The molecule has 1 atom stereocenters. The summed E-state index contributed by atoms with van der Waals surface area (Å²) in [6, 6.07) is 0. The molecule has 0 saturated heterocycles. The van der Waals surface area contributed by atoms with Crippen molar-refractivity contribution in [1.29, 1.82) is 0 Å². The molecule has 1 aliphatic carbocycles. The van der Waals surface area contributed by atoms with Gasteiger partial charge < -0.3 is 10.1 Å². The lowest BCUT2D eigenvalue weighted by atomic mass is 9.89. The molecule has 6 heteroatoms. The molecule has 24 heavy (non-hydrogen) atoms. The number of fused-ring (bicyclic) bond motifs is 3. The zero-order valence-electron chi connectivity index (χ0n) is 15.0. The van der Waals surface area contributed by atoms with Gasteiger partial charge in [-0.25, -0.2) is 4.98 Å². The van der Waals surface area contributed by atoms with Crippen molar-refractivity contribution >= 4 is 21.6 Å². The summed E-state index contributed by atoms with van der Waals surface area (Å²) in [5.74, 6) is 1.37. The number of aromatic amines is 1. The lowest BCUT2D eigenvalue weighted by molar-refractivity contribution is 0.0346. The third kappa shape index (κ3) is 3.71. The molecule has 1 aliphatic rings. The van der Waals surface area contributed by atoms with Crippen LogP contribution in [0.25, 0.3) is 10.2 Å². The topological polar surface area (TPSA) is 69.2 Å². The van der Waals surface area contributed by atoms with Gasteiger partial charge in [-0.2, -0.15) is 0 Å². The van der Waals surface area contributed by atoms with Gasteiger partial charge in [0.2, 0.25) is 0 Å². The minimum absolute atomic E-state index is 0.0126. The first kappa shape index (κ1) is 17.6. The maximum Gasteiger partial charge on any atom is 0.259 e. The maximum absolute atomic E-state index is 12.6. The van der Waals surface area contributed by atoms with Crippen LogP contribution >= 0.6 is 11.3 Å². The summed E-state index contributed by atoms with van der Waals surface area (Å²) in [7, 11) is 0. The van der Waals surface area contributed by atoms with Crippen LogP contribution in [0, 0.1) is 5.92 Å². The van der Waals surface area contributed by atoms with Crippen molar-refractivity contribution < 1.29 is 5.11 Å². The monoisotopic (exact) mass is 349 g/mol. The molecule has 2 aromatic rings. The average molecular weight is 350 g/mol. The standard InChI is InChI=1S/C18H27N3O2S/c1-5-21(10-18(3,4)23)9-14-19-16(22)15-12-7-6-11(2)8-13(12)24-17(15)20-14/h11,23H,5-10H2,1-4H3,(H,19,20,22). The van der Waals surface area contributed by atoms with Crippen molar-refractivity contribution in [2.75, 3.05) is 13.1 Å². The Morgan fingerprint density at radius 1 is 1.46 bits per heavy atom. The molecule has 0 bridgehead atoms. The zero-order chi connectivity index (χ0) is 17.5. The number of aromatic nitrogens is 2. The smallest absolute Gasteiger partial charge is 0.259 e. The largest absolute Gasteiger partial charge is 0.389 e. The predicted molar refractivity (Wildman–Crippen MR) is 98.7 cm³/mol. The lowest BCUT2D eigenvalue weighted by Gasteiger charge is -2.27. The fourth-order valence-corrected chi connectivity index (χ4v) is 4.91. The molecule has 0 radical (unpaired) electrons. The number of rotatable bonds is 5. The summed E-state index contributed by atoms with van der Waals surface area (Å²) in [5.41, 5.74) is 0.442. The summed E-state index contributed by atoms with van der Waals surface area (Å²) >= 11 is 1.68. The number of nitrogens with one attached hydrogen (secondary N) is 1. The number of hydrogen-bond donors (Lipinski definition) is 2. The van der Waals surface area contributed by atoms with Crippen molar-refractivity contribution in [2.24, 2.45) is 5.92 Å². The lowest BCUT2D eigenvalue weighted by Crippen LogP contribution is -2.38. The number of aliphatic hydroxyl groups is 1. The summed E-state index contributed by atoms with van der Waals surface area (Å²) < 4.78 is 0. The van der Waals surface area contributed by atoms with Crippen LogP contribution in [-0.2, 0) is 19.4 Å². The van der Waals surface area contributed by atoms with Crippen LogP contribution in [0.5, 0.6) is 0 Å². The zero-order valence-corrected chi connectivity index (χ0v) is 15.8. The molecule has 2 N–H and O–H groups in total. The van der Waals surface area contributed by atoms with Crippen LogP contribution in [0.3, 0.4) is 0 Å². The van der Waals surface area contributed by atoms with E-state index in [1.54, 1.807) is 25.2 Å². The second kappa shape index (κ2) is 6.58. The van der Waals surface area contributed by atoms with Crippen molar-refractivity contribution in [3.8, 4) is 0 Å². The van der Waals surface area contributed by atoms with Crippen LogP contribution in [0.1, 0.15) is 50.4 Å². The van der Waals surface area contributed by atoms with Crippen molar-refractivity contribution in [1.82, 2.24) is 14.9 Å². The van der Waals surface area contributed by atoms with Gasteiger partial charge in [-0.05, 0) is 51.1 Å². The third-order valence-corrected chi connectivity index (χ3v) is 5.79. The van der Waals surface area contributed by atoms with Crippen LogP contribution in [0.15, 0.2) is 4.79 Å². The summed E-state index contributed by atoms with van der Waals surface area (Å²) in [4.78, 5) is 24.6. The van der Waals surface area contributed by atoms with E-state index in [9.17, 15) is 9.90 Å². The highest BCUT2D eigenvalue weighted by Crippen LogP contribution is 2.35. The maximum atomic E-state index is 12.6. The van der Waals surface area contributed by atoms with E-state index in [4.69, 9.17) is 4.98 Å². The Hall–Kier alpha value is -1.24. The van der Waals surface area contributed by atoms with Crippen LogP contribution in [0.4, 0.5) is 0 Å². The minimum Gasteiger partial charge on any atom is -0.389 e. The van der Waals surface area contributed by atoms with E-state index >= 15 is 0 Å². The van der Waals surface area contributed by atoms with Gasteiger partial charge >= 0.3 is 0 Å². The van der Waals surface area contributed by atoms with Crippen LogP contribution < -0.4 is 5.56 Å². The number of hydrogen-bond acceptors (Lipinski definition) is 5. The van der Waals surface area contributed by atoms with Crippen molar-refractivity contribution in [2.45, 2.75) is 59.1 Å². The summed E-state index contributed by atoms with van der Waals surface area (Å²) in [6.45, 7) is 9.80. The first-order valence-corrected chi connectivity index (χ1v) is 9.56. The molecule has 1 unspecified atom stereocenters. The minimum atomic E-state index is -0.765. The SMILES string of the molecule is CCN(Cc1nc2sc3c(c2c(=O)[nH]1)CCC(C)C3)CC(C)(C)O. The van der Waals surface area contributed by atoms with E-state index in [1.807, 2.05) is 6.92 Å². The van der Waals surface area contributed by atoms with E-state index < -0.39 is 5.60 Å². The van der Waals surface area contributed by atoms with E-state index in [-0.39, 0.29) is 5.56 Å². The Labute approximate surface area is 146 Å². The molecule has 5 nitrogen and oxygen atoms in total. The molecule has 2 heterocycles. The quantitative estimate of drug-likeness (QED) is 0.871. The molecule has 0 spiro atoms. The Balaban J connectivity index is 1.92. The Morgan fingerprint density at radius 3 is 2.88 bits per heavy atom. The van der Waals surface area contributed by atoms with Gasteiger partial charge in [-0.3, -0.25) is 9.69 Å². The highest BCUT2D eigenvalue weighted by atomic mass is 32.1. The third-order valence-electron chi connectivity index (χ3n) is 4.65. The molecular formula is C18H27N3O2S. The molecule has 0 aromatic carbocycles. The fourth-order valence-electron chi connectivity index (χ4n) is 3.51. The van der Waals surface area contributed by atoms with Gasteiger partial charge in [-0.15, -0.1) is 11.3 Å². The van der Waals surface area contributed by atoms with Crippen molar-refractivity contribution in [3.05, 3.63) is 26.6 Å². The van der Waals surface area contributed by atoms with Crippen LogP contribution in [-0.4, -0.2) is 38.7 Å². The van der Waals surface area contributed by atoms with Gasteiger partial charge in [0, 0.05) is 11.4 Å². The Kier molecular flexibility index (Phi) is 4.82. The number of nitrogens with zero attached hydrogens (tertiary/aromatic N) is 2. The fraction of sp³-hybridized carbons (Fsp3) is 0.667. The molecule has 0 amide bonds. The molecule has 3 rings (SSSR count). The molecule has 0 saturated carbocycles. The Bertz CT molecular complexity index is 788. The van der Waals surface area contributed by atoms with E-state index in [2.05, 4.69) is 16.8 Å². The van der Waals surface area contributed by atoms with Gasteiger partial charge in [-0.1, -0.05) is 13.8 Å². The number of likely N-dealkylation sites (N-methyl/N-ethyl adjacent to an activating group) is 1. The molecule has 132 valence electrons. The highest BCUT2D eigenvalue weighted by Gasteiger charge is 2.24. The first-order chi connectivity index (χ1) is 11.3. The van der Waals surface area contributed by atoms with E-state index in [0.717, 1.165) is 36.0 Å². The molecule has 2 aromatic heterocycles. The number of H-pyrrole nitrogens is 1. The van der Waals surface area contributed by atoms with Gasteiger partial charge in [0.15, 0.2) is 0 Å². The van der Waals surface area contributed by atoms with E-state index in [0.29, 0.717) is 24.8 Å². The predicted octanol–water partition coefficient (Wildman–Crippen LogP) is 2.70. The molecular weight excluding hydrogens is 322 g/mol. The second-order valence-electron chi connectivity index (χ2n) is 7.66. The van der Waals surface area contributed by atoms with E-state index in [1.165, 1.54) is 10.4 Å². The Morgan fingerprint density at radius 2 is 2.21 bits per heavy atom. The molecule has 0 aliphatic heterocycles. The number of aryl methyl sites for hydroxylation is 1. The second-order valence-corrected chi connectivity index (χ2v) is 8.74. The highest BCUT2D eigenvalue weighted by molar-refractivity contribution is 7.18. The summed E-state index contributed by atoms with van der Waals surface area (Å²) in [5, 5.41) is 10.8. The van der Waals surface area contributed by atoms with Gasteiger partial charge in [0.05, 0.1) is 17.5 Å². The van der Waals surface area contributed by atoms with Crippen molar-refractivity contribution in [3.63, 3.8) is 0 Å². The average Bonchev–Trinajstić information content (AvgIpc) is 2.82. The number of thiophene rings is 1. The van der Waals surface area contributed by atoms with Crippen LogP contribution in [0.2, 0.25) is 0 Å². The molecule has 0 fully saturated rings. The summed E-state index contributed by atoms with van der Waals surface area (Å²) in [6.07, 6.45) is 3.19. The first-order valence-electron chi connectivity index (χ1n) is 8.75. The van der Waals surface area contributed by atoms with Gasteiger partial charge in [0.25, 0.3) is 5.56 Å². The van der Waals surface area contributed by atoms with Gasteiger partial charge in [0.1, 0.15) is 10.7 Å². The normalized spacial score (nSPS) is 18.3.